The van der Waals surface area contributed by atoms with Gasteiger partial charge in [-0.05, 0) is 0 Å². The molecule has 3 fully saturated rings. The first-order valence-electron chi connectivity index (χ1n) is 2.36. The van der Waals surface area contributed by atoms with E-state index in [1.165, 1.54) is 0 Å². The number of hydrogen-bond donors (Lipinski definition) is 0. The van der Waals surface area contributed by atoms with Crippen LogP contribution in [0.25, 0.3) is 0 Å². The van der Waals surface area contributed by atoms with Gasteiger partial charge in [0.05, 0.1) is 0 Å². The van der Waals surface area contributed by atoms with Gasteiger partial charge in [0.15, 0.2) is 0 Å². The molecule has 0 aromatic carbocycles. The molecule has 6 radical (unpaired) electrons. The van der Waals surface area contributed by atoms with Gasteiger partial charge >= 0.3 is 159 Å². The third-order valence-corrected chi connectivity index (χ3v) is 21.0. The molecule has 2 bridgehead atoms. The van der Waals surface area contributed by atoms with Gasteiger partial charge in [0, 0.05) is 0 Å². The maximum atomic E-state index is 10.2. The van der Waals surface area contributed by atoms with E-state index in [2.05, 4.69) is 5.26 Å². The molecule has 3 rings (SSSR count). The van der Waals surface area contributed by atoms with Crippen molar-refractivity contribution in [2.75, 3.05) is 0 Å². The molecule has 9 nitrogen and oxygen atoms in total. The average Bonchev–Trinajstić information content (AvgIpc) is 2.26. The quantitative estimate of drug-likeness (QED) is 0.244. The first kappa shape index (κ1) is 23.8. The van der Waals surface area contributed by atoms with E-state index in [4.69, 9.17) is 11.2 Å². The van der Waals surface area contributed by atoms with Crippen LogP contribution >= 0.6 is 0 Å². The zero-order valence-electron chi connectivity index (χ0n) is 6.78. The molecule has 3 heterocycles. The summed E-state index contributed by atoms with van der Waals surface area (Å²) in [5.41, 5.74) is 0. The second-order valence-electron chi connectivity index (χ2n) is 1.14. The van der Waals surface area contributed by atoms with Crippen molar-refractivity contribution in [2.45, 2.75) is 0 Å². The Bertz CT molecular complexity index is 207. The zero-order valence-corrected chi connectivity index (χ0v) is 24.2. The molecule has 0 aromatic rings. The molecule has 3 aliphatic rings. The Hall–Kier alpha value is 3.69. The third kappa shape index (κ3) is 9.26. The van der Waals surface area contributed by atoms with Crippen molar-refractivity contribution in [2.24, 2.45) is 0 Å². The summed E-state index contributed by atoms with van der Waals surface area (Å²) in [6.07, 6.45) is 0. The van der Waals surface area contributed by atoms with Crippen LogP contribution in [-0.4, -0.2) is 99.0 Å². The summed E-state index contributed by atoms with van der Waals surface area (Å²) in [5.74, 6) is 0. The summed E-state index contributed by atoms with van der Waals surface area (Å²) in [6, 6.07) is 0. The average molecular weight is 976 g/mol. The van der Waals surface area contributed by atoms with E-state index in [0.29, 0.717) is 21.7 Å². The first-order valence-corrected chi connectivity index (χ1v) is 14.9. The van der Waals surface area contributed by atoms with Crippen molar-refractivity contribution in [3.8, 4) is 0 Å². The molecule has 0 atom stereocenters. The van der Waals surface area contributed by atoms with E-state index in [1.807, 2.05) is 0 Å². The summed E-state index contributed by atoms with van der Waals surface area (Å²) in [4.78, 5) is 0. The Labute approximate surface area is 155 Å². The van der Waals surface area contributed by atoms with E-state index < -0.39 is 36.6 Å². The molecule has 0 aliphatic carbocycles. The van der Waals surface area contributed by atoms with E-state index in [-0.39, 0.29) is 77.3 Å². The van der Waals surface area contributed by atoms with Crippen molar-refractivity contribution < 1.29 is 59.6 Å². The normalized spacial score (nSPS) is 31.9. The monoisotopic (exact) mass is 978 g/mol. The molecule has 3 saturated heterocycles. The van der Waals surface area contributed by atoms with Crippen molar-refractivity contribution in [1.29, 1.82) is 0 Å². The van der Waals surface area contributed by atoms with Crippen LogP contribution in [0.2, 0.25) is 0 Å². The minimum absolute atomic E-state index is 0.0556. The molecule has 0 saturated carbocycles. The van der Waals surface area contributed by atoms with Gasteiger partial charge in [0.25, 0.3) is 0 Å². The maximum absolute atomic E-state index is 10.2. The molecule has 0 amide bonds. The van der Waals surface area contributed by atoms with Crippen molar-refractivity contribution in [3.05, 3.63) is 0 Å². The summed E-state index contributed by atoms with van der Waals surface area (Å²) >= 11 is -6.99. The summed E-state index contributed by atoms with van der Waals surface area (Å²) < 4.78 is 66.6. The van der Waals surface area contributed by atoms with Crippen LogP contribution < -0.4 is 0 Å². The molecule has 0 aromatic heterocycles. The number of hydrogen-bond acceptors (Lipinski definition) is 9. The minimum atomic E-state index is -3.88. The van der Waals surface area contributed by atoms with E-state index in [0.717, 1.165) is 0 Å². The molecular weight excluding hydrogens is 976 g/mol. The van der Waals surface area contributed by atoms with E-state index >= 15 is 0 Å². The molecule has 0 spiro atoms. The van der Waals surface area contributed by atoms with Gasteiger partial charge in [-0.1, -0.05) is 0 Å². The second-order valence-corrected chi connectivity index (χ2v) is 13.9. The zero-order chi connectivity index (χ0) is 13.1. The predicted molar refractivity (Wildman–Crippen MR) is 30.4 cm³/mol. The van der Waals surface area contributed by atoms with Gasteiger partial charge in [-0.2, -0.15) is 0 Å². The standard InChI is InChI=1S/Mg.2Nb.9O.3Pb. The van der Waals surface area contributed by atoms with E-state index in [1.54, 1.807) is 0 Å². The van der Waals surface area contributed by atoms with Crippen molar-refractivity contribution >= 4 is 99.0 Å². The molecular formula is MgNb2O9Pb3. The van der Waals surface area contributed by atoms with Crippen LogP contribution in [0, 0.1) is 0 Å². The topological polar surface area (TPSA) is 130 Å². The Balaban J connectivity index is -0.000000157. The Morgan fingerprint density at radius 3 is 0.800 bits per heavy atom. The van der Waals surface area contributed by atoms with Crippen LogP contribution in [0.4, 0.5) is 0 Å². The van der Waals surface area contributed by atoms with Crippen molar-refractivity contribution in [3.63, 3.8) is 0 Å². The third-order valence-electron chi connectivity index (χ3n) is 0.600. The molecule has 78 valence electrons. The molecule has 3 aliphatic heterocycles. The second kappa shape index (κ2) is 14.1. The number of rotatable bonds is 0. The van der Waals surface area contributed by atoms with Gasteiger partial charge in [-0.15, -0.1) is 0 Å². The molecule has 15 heteroatoms. The first-order chi connectivity index (χ1) is 7.12. The van der Waals surface area contributed by atoms with Gasteiger partial charge in [0.2, 0.25) is 0 Å². The van der Waals surface area contributed by atoms with Crippen LogP contribution in [0.5, 0.6) is 0 Å². The fraction of sp³-hybridized carbons (Fsp3) is 0. The van der Waals surface area contributed by atoms with Crippen LogP contribution in [0.15, 0.2) is 0 Å². The van der Waals surface area contributed by atoms with Gasteiger partial charge in [-0.25, -0.2) is 0 Å². The predicted octanol–water partition coefficient (Wildman–Crippen LogP) is -2.45. The fourth-order valence-electron chi connectivity index (χ4n) is 0.386. The van der Waals surface area contributed by atoms with Gasteiger partial charge in [-0.3, -0.25) is 0 Å². The Morgan fingerprint density at radius 1 is 0.667 bits per heavy atom. The van der Waals surface area contributed by atoms with Crippen LogP contribution in [0.1, 0.15) is 0 Å². The SMILES string of the molecule is [O]=[Mg].[O]=[Nb]12[O][Nb](=[O])([O]1)[O]2.[O]=[Pb].[O]=[Pb].[O]=[Pb]. The fourth-order valence-corrected chi connectivity index (χ4v) is 13.5. The van der Waals surface area contributed by atoms with Crippen LogP contribution in [0.3, 0.4) is 0 Å². The molecule has 15 heavy (non-hydrogen) atoms. The molecule has 0 N–H and O–H groups in total. The van der Waals surface area contributed by atoms with Gasteiger partial charge in [0.1, 0.15) is 0 Å². The molecule has 0 unspecified atom stereocenters. The van der Waals surface area contributed by atoms with Crippen molar-refractivity contribution in [1.82, 2.24) is 0 Å². The summed E-state index contributed by atoms with van der Waals surface area (Å²) in [5, 5.41) is 0. The van der Waals surface area contributed by atoms with E-state index in [9.17, 15) is 6.50 Å². The van der Waals surface area contributed by atoms with Gasteiger partial charge < -0.3 is 0 Å². The Kier molecular flexibility index (Phi) is 22.4. The summed E-state index contributed by atoms with van der Waals surface area (Å²) in [6.45, 7) is 0. The Morgan fingerprint density at radius 2 is 0.800 bits per heavy atom. The van der Waals surface area contributed by atoms with Crippen LogP contribution in [-0.2, 0) is 59.6 Å². The summed E-state index contributed by atoms with van der Waals surface area (Å²) in [7, 11) is 0.